The van der Waals surface area contributed by atoms with E-state index in [9.17, 15) is 0 Å². The molecule has 2 heterocycles. The summed E-state index contributed by atoms with van der Waals surface area (Å²) >= 11 is 5.34. The molecule has 0 amide bonds. The van der Waals surface area contributed by atoms with Gasteiger partial charge in [-0.05, 0) is 24.7 Å². The lowest BCUT2D eigenvalue weighted by molar-refractivity contribution is 0.687. The van der Waals surface area contributed by atoms with E-state index in [4.69, 9.17) is 12.2 Å². The first-order valence-electron chi connectivity index (χ1n) is 7.70. The molecule has 7 heteroatoms. The van der Waals surface area contributed by atoms with Crippen LogP contribution < -0.4 is 10.6 Å². The molecule has 0 atom stereocenters. The highest BCUT2D eigenvalue weighted by atomic mass is 32.1. The van der Waals surface area contributed by atoms with Gasteiger partial charge in [-0.3, -0.25) is 9.36 Å². The Kier molecular flexibility index (Phi) is 4.90. The van der Waals surface area contributed by atoms with E-state index in [1.807, 2.05) is 53.9 Å². The summed E-state index contributed by atoms with van der Waals surface area (Å²) in [5.41, 5.74) is 4.33. The van der Waals surface area contributed by atoms with Crippen molar-refractivity contribution in [2.45, 2.75) is 20.0 Å². The molecule has 0 saturated carbocycles. The molecule has 0 aliphatic heterocycles. The van der Waals surface area contributed by atoms with Crippen LogP contribution in [0.2, 0.25) is 0 Å². The second-order valence-electron chi connectivity index (χ2n) is 5.60. The monoisotopic (exact) mass is 340 g/mol. The molecule has 0 spiro atoms. The van der Waals surface area contributed by atoms with E-state index in [1.54, 1.807) is 6.20 Å². The molecule has 0 radical (unpaired) electrons. The van der Waals surface area contributed by atoms with E-state index in [2.05, 4.69) is 33.0 Å². The predicted octanol–water partition coefficient (Wildman–Crippen LogP) is 2.46. The van der Waals surface area contributed by atoms with Crippen LogP contribution in [0, 0.1) is 6.92 Å². The summed E-state index contributed by atoms with van der Waals surface area (Å²) < 4.78 is 3.73. The zero-order valence-electron chi connectivity index (χ0n) is 13.7. The smallest absolute Gasteiger partial charge is 0.171 e. The standard InChI is InChI=1S/C17H20N6S/c1-13-15(9-19-22(13)2)8-18-17(24)21-16-10-20-23(12-16)11-14-6-4-3-5-7-14/h3-7,9-10,12H,8,11H2,1-2H3,(H2,18,21,24). The second kappa shape index (κ2) is 7.27. The van der Waals surface area contributed by atoms with Crippen molar-refractivity contribution in [1.82, 2.24) is 24.9 Å². The molecule has 0 bridgehead atoms. The van der Waals surface area contributed by atoms with Gasteiger partial charge in [0.15, 0.2) is 5.11 Å². The van der Waals surface area contributed by atoms with Gasteiger partial charge in [0.25, 0.3) is 0 Å². The third-order valence-corrected chi connectivity index (χ3v) is 4.10. The van der Waals surface area contributed by atoms with Crippen LogP contribution in [0.3, 0.4) is 0 Å². The third-order valence-electron chi connectivity index (χ3n) is 3.85. The summed E-state index contributed by atoms with van der Waals surface area (Å²) in [5, 5.41) is 15.5. The molecule has 0 aliphatic carbocycles. The van der Waals surface area contributed by atoms with Crippen LogP contribution in [0.15, 0.2) is 48.9 Å². The van der Waals surface area contributed by atoms with Gasteiger partial charge < -0.3 is 10.6 Å². The Morgan fingerprint density at radius 2 is 1.96 bits per heavy atom. The van der Waals surface area contributed by atoms with Crippen LogP contribution in [0.25, 0.3) is 0 Å². The minimum atomic E-state index is 0.567. The molecule has 0 saturated heterocycles. The van der Waals surface area contributed by atoms with Crippen molar-refractivity contribution in [3.8, 4) is 0 Å². The van der Waals surface area contributed by atoms with E-state index in [-0.39, 0.29) is 0 Å². The number of nitrogens with one attached hydrogen (secondary N) is 2. The quantitative estimate of drug-likeness (QED) is 0.699. The highest BCUT2D eigenvalue weighted by molar-refractivity contribution is 7.80. The maximum absolute atomic E-state index is 5.34. The first-order chi connectivity index (χ1) is 11.6. The lowest BCUT2D eigenvalue weighted by atomic mass is 10.2. The molecule has 0 unspecified atom stereocenters. The number of anilines is 1. The average molecular weight is 340 g/mol. The highest BCUT2D eigenvalue weighted by Crippen LogP contribution is 2.09. The molecule has 24 heavy (non-hydrogen) atoms. The zero-order chi connectivity index (χ0) is 16.9. The molecule has 3 rings (SSSR count). The van der Waals surface area contributed by atoms with E-state index < -0.39 is 0 Å². The number of hydrogen-bond acceptors (Lipinski definition) is 3. The summed E-state index contributed by atoms with van der Waals surface area (Å²) in [4.78, 5) is 0. The van der Waals surface area contributed by atoms with Crippen molar-refractivity contribution >= 4 is 23.0 Å². The lowest BCUT2D eigenvalue weighted by Gasteiger charge is -2.08. The summed E-state index contributed by atoms with van der Waals surface area (Å²) in [6.45, 7) is 3.41. The van der Waals surface area contributed by atoms with Crippen LogP contribution in [0.1, 0.15) is 16.8 Å². The fourth-order valence-corrected chi connectivity index (χ4v) is 2.54. The second-order valence-corrected chi connectivity index (χ2v) is 6.01. The number of rotatable bonds is 5. The number of thiocarbonyl (C=S) groups is 1. The largest absolute Gasteiger partial charge is 0.358 e. The predicted molar refractivity (Wildman–Crippen MR) is 98.8 cm³/mol. The fourth-order valence-electron chi connectivity index (χ4n) is 2.35. The average Bonchev–Trinajstić information content (AvgIpc) is 3.14. The summed E-state index contributed by atoms with van der Waals surface area (Å²) in [6, 6.07) is 10.2. The van der Waals surface area contributed by atoms with Gasteiger partial charge in [-0.2, -0.15) is 10.2 Å². The maximum atomic E-state index is 5.34. The minimum absolute atomic E-state index is 0.567. The topological polar surface area (TPSA) is 59.7 Å². The molecular formula is C17H20N6S. The number of aryl methyl sites for hydroxylation is 1. The van der Waals surface area contributed by atoms with Crippen LogP contribution in [0.5, 0.6) is 0 Å². The third kappa shape index (κ3) is 3.99. The Morgan fingerprint density at radius 1 is 1.17 bits per heavy atom. The molecule has 2 aromatic heterocycles. The van der Waals surface area contributed by atoms with Gasteiger partial charge in [0.1, 0.15) is 0 Å². The van der Waals surface area contributed by atoms with Crippen molar-refractivity contribution in [2.75, 3.05) is 5.32 Å². The summed E-state index contributed by atoms with van der Waals surface area (Å²) in [7, 11) is 1.93. The lowest BCUT2D eigenvalue weighted by Crippen LogP contribution is -2.27. The number of aromatic nitrogens is 4. The zero-order valence-corrected chi connectivity index (χ0v) is 14.5. The molecule has 2 N–H and O–H groups in total. The molecule has 124 valence electrons. The summed E-state index contributed by atoms with van der Waals surface area (Å²) in [5.74, 6) is 0. The first-order valence-corrected chi connectivity index (χ1v) is 8.11. The highest BCUT2D eigenvalue weighted by Gasteiger charge is 2.05. The molecule has 0 aliphatic rings. The number of benzene rings is 1. The number of nitrogens with zero attached hydrogens (tertiary/aromatic N) is 4. The van der Waals surface area contributed by atoms with Crippen molar-refractivity contribution in [1.29, 1.82) is 0 Å². The van der Waals surface area contributed by atoms with Gasteiger partial charge in [-0.15, -0.1) is 0 Å². The minimum Gasteiger partial charge on any atom is -0.358 e. The van der Waals surface area contributed by atoms with Crippen LogP contribution in [-0.2, 0) is 20.1 Å². The van der Waals surface area contributed by atoms with E-state index in [0.29, 0.717) is 11.7 Å². The Morgan fingerprint density at radius 3 is 2.67 bits per heavy atom. The number of hydrogen-bond donors (Lipinski definition) is 2. The van der Waals surface area contributed by atoms with Crippen molar-refractivity contribution in [2.24, 2.45) is 7.05 Å². The maximum Gasteiger partial charge on any atom is 0.171 e. The fraction of sp³-hybridized carbons (Fsp3) is 0.235. The van der Waals surface area contributed by atoms with Gasteiger partial charge in [0.2, 0.25) is 0 Å². The normalized spacial score (nSPS) is 10.6. The molecule has 3 aromatic rings. The van der Waals surface area contributed by atoms with Crippen LogP contribution in [-0.4, -0.2) is 24.7 Å². The van der Waals surface area contributed by atoms with Gasteiger partial charge in [0.05, 0.1) is 24.6 Å². The molecule has 1 aromatic carbocycles. The van der Waals surface area contributed by atoms with Gasteiger partial charge in [0, 0.05) is 31.0 Å². The van der Waals surface area contributed by atoms with Crippen LogP contribution in [0.4, 0.5) is 5.69 Å². The Hall–Kier alpha value is -2.67. The van der Waals surface area contributed by atoms with Crippen molar-refractivity contribution < 1.29 is 0 Å². The molecular weight excluding hydrogens is 320 g/mol. The Labute approximate surface area is 146 Å². The Balaban J connectivity index is 1.52. The van der Waals surface area contributed by atoms with Crippen molar-refractivity contribution in [3.05, 3.63) is 65.7 Å². The molecule has 0 fully saturated rings. The van der Waals surface area contributed by atoms with Gasteiger partial charge >= 0.3 is 0 Å². The Bertz CT molecular complexity index is 821. The van der Waals surface area contributed by atoms with E-state index in [1.165, 1.54) is 5.56 Å². The van der Waals surface area contributed by atoms with E-state index >= 15 is 0 Å². The van der Waals surface area contributed by atoms with E-state index in [0.717, 1.165) is 23.5 Å². The SMILES string of the molecule is Cc1c(CNC(=S)Nc2cnn(Cc3ccccc3)c2)cnn1C. The van der Waals surface area contributed by atoms with Gasteiger partial charge in [-0.1, -0.05) is 30.3 Å². The summed E-state index contributed by atoms with van der Waals surface area (Å²) in [6.07, 6.45) is 5.56. The first kappa shape index (κ1) is 16.2. The van der Waals surface area contributed by atoms with Crippen LogP contribution >= 0.6 is 12.2 Å². The molecule has 6 nitrogen and oxygen atoms in total. The van der Waals surface area contributed by atoms with Gasteiger partial charge in [-0.25, -0.2) is 0 Å². The van der Waals surface area contributed by atoms with Crippen molar-refractivity contribution in [3.63, 3.8) is 0 Å².